The van der Waals surface area contributed by atoms with Crippen LogP contribution in [0.25, 0.3) is 0 Å². The van der Waals surface area contributed by atoms with Crippen molar-refractivity contribution in [2.24, 2.45) is 0 Å². The highest BCUT2D eigenvalue weighted by Gasteiger charge is 2.15. The number of urea groups is 1. The fraction of sp³-hybridized carbons (Fsp3) is 0.600. The topological polar surface area (TPSA) is 98.7 Å². The van der Waals surface area contributed by atoms with E-state index < -0.39 is 18.1 Å². The van der Waals surface area contributed by atoms with E-state index in [9.17, 15) is 9.59 Å². The smallest absolute Gasteiger partial charge is 0.334 e. The molecule has 0 aliphatic heterocycles. The normalized spacial score (nSPS) is 13.3. The molecule has 2 amide bonds. The Morgan fingerprint density at radius 2 is 2.12 bits per heavy atom. The van der Waals surface area contributed by atoms with Gasteiger partial charge in [-0.2, -0.15) is 0 Å². The predicted octanol–water partition coefficient (Wildman–Crippen LogP) is -0.467. The summed E-state index contributed by atoms with van der Waals surface area (Å²) in [5.41, 5.74) is 0. The van der Waals surface area contributed by atoms with Gasteiger partial charge in [0.05, 0.1) is 12.6 Å². The second-order valence-electron chi connectivity index (χ2n) is 3.22. The van der Waals surface area contributed by atoms with Crippen LogP contribution in [0.5, 0.6) is 0 Å². The van der Waals surface area contributed by atoms with Crippen molar-refractivity contribution in [3.63, 3.8) is 0 Å². The second kappa shape index (κ2) is 7.54. The first-order chi connectivity index (χ1) is 7.51. The fourth-order valence-electron chi connectivity index (χ4n) is 0.972. The van der Waals surface area contributed by atoms with Crippen LogP contribution in [0.4, 0.5) is 4.79 Å². The van der Waals surface area contributed by atoms with E-state index in [1.807, 2.05) is 6.92 Å². The lowest BCUT2D eigenvalue weighted by atomic mass is 10.2. The lowest BCUT2D eigenvalue weighted by Gasteiger charge is -2.13. The number of carboxylic acids is 1. The Hall–Kier alpha value is -1.74. The summed E-state index contributed by atoms with van der Waals surface area (Å²) in [6.45, 7) is 1.57. The van der Waals surface area contributed by atoms with Crippen LogP contribution in [-0.2, 0) is 4.79 Å². The molecule has 0 aliphatic carbocycles. The quantitative estimate of drug-likeness (QED) is 0.462. The fourth-order valence-corrected chi connectivity index (χ4v) is 0.972. The minimum atomic E-state index is -1.61. The van der Waals surface area contributed by atoms with E-state index in [1.54, 1.807) is 0 Å². The number of carboxylic acid groups (broad SMARTS) is 1. The average Bonchev–Trinajstić information content (AvgIpc) is 2.24. The summed E-state index contributed by atoms with van der Waals surface area (Å²) >= 11 is 0. The maximum atomic E-state index is 11.2. The molecule has 2 atom stereocenters. The summed E-state index contributed by atoms with van der Waals surface area (Å²) in [7, 11) is 0. The van der Waals surface area contributed by atoms with Crippen molar-refractivity contribution < 1.29 is 19.8 Å². The van der Waals surface area contributed by atoms with E-state index in [2.05, 4.69) is 16.6 Å². The molecule has 0 saturated carbocycles. The molecule has 0 saturated heterocycles. The Morgan fingerprint density at radius 1 is 1.50 bits per heavy atom. The molecule has 0 bridgehead atoms. The number of aliphatic carboxylic acids is 1. The number of aliphatic hydroxyl groups is 1. The van der Waals surface area contributed by atoms with Gasteiger partial charge in [0.25, 0.3) is 0 Å². The molecule has 4 N–H and O–H groups in total. The molecule has 0 aromatic heterocycles. The molecule has 0 radical (unpaired) electrons. The van der Waals surface area contributed by atoms with Crippen molar-refractivity contribution in [2.45, 2.75) is 31.9 Å². The highest BCUT2D eigenvalue weighted by molar-refractivity contribution is 5.77. The third-order valence-electron chi connectivity index (χ3n) is 1.82. The van der Waals surface area contributed by atoms with Gasteiger partial charge >= 0.3 is 12.0 Å². The van der Waals surface area contributed by atoms with E-state index in [-0.39, 0.29) is 12.6 Å². The number of carbonyl (C=O) groups excluding carboxylic acids is 1. The van der Waals surface area contributed by atoms with Gasteiger partial charge in [0.2, 0.25) is 0 Å². The van der Waals surface area contributed by atoms with Crippen LogP contribution in [0.2, 0.25) is 0 Å². The Labute approximate surface area is 94.0 Å². The summed E-state index contributed by atoms with van der Waals surface area (Å²) in [6, 6.07) is -0.969. The largest absolute Gasteiger partial charge is 0.479 e. The molecule has 6 nitrogen and oxygen atoms in total. The average molecular weight is 228 g/mol. The molecule has 6 heteroatoms. The number of hydrogen-bond donors (Lipinski definition) is 4. The van der Waals surface area contributed by atoms with E-state index in [4.69, 9.17) is 16.6 Å². The van der Waals surface area contributed by atoms with Gasteiger partial charge in [-0.05, 0) is 6.42 Å². The monoisotopic (exact) mass is 228 g/mol. The van der Waals surface area contributed by atoms with Gasteiger partial charge in [-0.25, -0.2) is 9.59 Å². The molecule has 16 heavy (non-hydrogen) atoms. The second-order valence-corrected chi connectivity index (χ2v) is 3.22. The minimum Gasteiger partial charge on any atom is -0.479 e. The van der Waals surface area contributed by atoms with Crippen molar-refractivity contribution in [1.29, 1.82) is 0 Å². The summed E-state index contributed by atoms with van der Waals surface area (Å²) in [5.74, 6) is 1.01. The SMILES string of the molecule is C#CC(CCC)NC(=O)NC[C@H](O)C(=O)O. The summed E-state index contributed by atoms with van der Waals surface area (Å²) in [6.07, 6.45) is 5.04. The Kier molecular flexibility index (Phi) is 6.72. The third-order valence-corrected chi connectivity index (χ3v) is 1.82. The Balaban J connectivity index is 3.90. The molecule has 0 rings (SSSR count). The molecule has 0 aliphatic rings. The number of amides is 2. The van der Waals surface area contributed by atoms with Crippen LogP contribution >= 0.6 is 0 Å². The highest BCUT2D eigenvalue weighted by Crippen LogP contribution is 1.94. The molecule has 1 unspecified atom stereocenters. The maximum Gasteiger partial charge on any atom is 0.334 e. The zero-order chi connectivity index (χ0) is 12.6. The molecular weight excluding hydrogens is 212 g/mol. The van der Waals surface area contributed by atoms with Crippen LogP contribution in [0.3, 0.4) is 0 Å². The van der Waals surface area contributed by atoms with E-state index in [0.29, 0.717) is 6.42 Å². The van der Waals surface area contributed by atoms with Crippen LogP contribution in [0, 0.1) is 12.3 Å². The van der Waals surface area contributed by atoms with Gasteiger partial charge in [-0.15, -0.1) is 6.42 Å². The first kappa shape index (κ1) is 14.3. The highest BCUT2D eigenvalue weighted by atomic mass is 16.4. The van der Waals surface area contributed by atoms with Crippen LogP contribution in [0.1, 0.15) is 19.8 Å². The first-order valence-corrected chi connectivity index (χ1v) is 4.92. The molecule has 0 aromatic rings. The van der Waals surface area contributed by atoms with Crippen molar-refractivity contribution in [1.82, 2.24) is 10.6 Å². The lowest BCUT2D eigenvalue weighted by Crippen LogP contribution is -2.45. The van der Waals surface area contributed by atoms with Crippen LogP contribution in [0.15, 0.2) is 0 Å². The lowest BCUT2D eigenvalue weighted by molar-refractivity contribution is -0.146. The van der Waals surface area contributed by atoms with Crippen molar-refractivity contribution in [3.8, 4) is 12.3 Å². The van der Waals surface area contributed by atoms with Crippen LogP contribution < -0.4 is 10.6 Å². The number of nitrogens with one attached hydrogen (secondary N) is 2. The van der Waals surface area contributed by atoms with Gasteiger partial charge in [0.1, 0.15) is 0 Å². The van der Waals surface area contributed by atoms with E-state index >= 15 is 0 Å². The molecule has 0 aromatic carbocycles. The summed E-state index contributed by atoms with van der Waals surface area (Å²) in [4.78, 5) is 21.4. The summed E-state index contributed by atoms with van der Waals surface area (Å²) in [5, 5.41) is 21.9. The Bertz CT molecular complexity index is 285. The zero-order valence-corrected chi connectivity index (χ0v) is 9.06. The maximum absolute atomic E-state index is 11.2. The number of aliphatic hydroxyl groups excluding tert-OH is 1. The standard InChI is InChI=1S/C10H16N2O4/c1-3-5-7(4-2)12-10(16)11-6-8(13)9(14)15/h2,7-8,13H,3,5-6H2,1H3,(H,14,15)(H2,11,12,16)/t7?,8-/m0/s1. The van der Waals surface area contributed by atoms with Crippen LogP contribution in [-0.4, -0.2) is 40.9 Å². The molecule has 0 heterocycles. The van der Waals surface area contributed by atoms with E-state index in [0.717, 1.165) is 6.42 Å². The molecular formula is C10H16N2O4. The zero-order valence-electron chi connectivity index (χ0n) is 9.06. The van der Waals surface area contributed by atoms with E-state index in [1.165, 1.54) is 0 Å². The van der Waals surface area contributed by atoms with Crippen molar-refractivity contribution in [2.75, 3.05) is 6.54 Å². The minimum absolute atomic E-state index is 0.357. The summed E-state index contributed by atoms with van der Waals surface area (Å²) < 4.78 is 0. The van der Waals surface area contributed by atoms with Gasteiger partial charge in [-0.3, -0.25) is 0 Å². The van der Waals surface area contributed by atoms with Gasteiger partial charge in [-0.1, -0.05) is 19.3 Å². The number of terminal acetylenes is 1. The molecule has 0 fully saturated rings. The first-order valence-electron chi connectivity index (χ1n) is 4.92. The Morgan fingerprint density at radius 3 is 2.56 bits per heavy atom. The third kappa shape index (κ3) is 5.88. The van der Waals surface area contributed by atoms with Gasteiger partial charge < -0.3 is 20.8 Å². The number of rotatable bonds is 6. The van der Waals surface area contributed by atoms with Gasteiger partial charge in [0, 0.05) is 0 Å². The number of hydrogen-bond acceptors (Lipinski definition) is 3. The van der Waals surface area contributed by atoms with Crippen molar-refractivity contribution >= 4 is 12.0 Å². The molecule has 0 spiro atoms. The predicted molar refractivity (Wildman–Crippen MR) is 57.7 cm³/mol. The van der Waals surface area contributed by atoms with Gasteiger partial charge in [0.15, 0.2) is 6.10 Å². The molecule has 90 valence electrons. The number of carbonyl (C=O) groups is 2. The van der Waals surface area contributed by atoms with Crippen molar-refractivity contribution in [3.05, 3.63) is 0 Å².